The average Bonchev–Trinajstić information content (AvgIpc) is 1.88. The zero-order valence-corrected chi connectivity index (χ0v) is 6.12. The van der Waals surface area contributed by atoms with E-state index in [2.05, 4.69) is 16.2 Å². The van der Waals surface area contributed by atoms with Gasteiger partial charge in [-0.05, 0) is 6.26 Å². The number of urea groups is 1. The summed E-state index contributed by atoms with van der Waals surface area (Å²) in [6.45, 7) is 0. The normalized spacial score (nSPS) is 25.5. The summed E-state index contributed by atoms with van der Waals surface area (Å²) in [5.41, 5.74) is 4.79. The molecule has 56 valence electrons. The Labute approximate surface area is 61.9 Å². The zero-order valence-electron chi connectivity index (χ0n) is 5.30. The van der Waals surface area contributed by atoms with Crippen molar-refractivity contribution in [2.75, 3.05) is 6.26 Å². The van der Waals surface area contributed by atoms with E-state index in [9.17, 15) is 9.59 Å². The van der Waals surface area contributed by atoms with Gasteiger partial charge in [-0.2, -0.15) is 0 Å². The van der Waals surface area contributed by atoms with Crippen molar-refractivity contribution in [1.82, 2.24) is 16.2 Å². The molecule has 1 saturated heterocycles. The smallest absolute Gasteiger partial charge is 0.275 e. The summed E-state index contributed by atoms with van der Waals surface area (Å²) in [5.74, 6) is -0.309. The summed E-state index contributed by atoms with van der Waals surface area (Å²) in [4.78, 5) is 21.2. The van der Waals surface area contributed by atoms with Crippen LogP contribution in [0.3, 0.4) is 0 Å². The number of hydrogen-bond donors (Lipinski definition) is 3. The summed E-state index contributed by atoms with van der Waals surface area (Å²) in [6.07, 6.45) is 1.77. The van der Waals surface area contributed by atoms with Crippen LogP contribution in [-0.4, -0.2) is 23.6 Å². The van der Waals surface area contributed by atoms with Crippen LogP contribution >= 0.6 is 11.8 Å². The number of hydrogen-bond acceptors (Lipinski definition) is 4. The third-order valence-corrected chi connectivity index (χ3v) is 1.83. The molecule has 3 amide bonds. The molecule has 0 aromatic carbocycles. The van der Waals surface area contributed by atoms with Crippen molar-refractivity contribution in [3.8, 4) is 0 Å². The molecule has 3 N–H and O–H groups in total. The van der Waals surface area contributed by atoms with E-state index in [1.54, 1.807) is 6.26 Å². The number of carbonyl (C=O) groups excluding carboxylic acids is 2. The van der Waals surface area contributed by atoms with E-state index in [1.165, 1.54) is 11.8 Å². The molecule has 1 rings (SSSR count). The molecule has 1 heterocycles. The lowest BCUT2D eigenvalue weighted by atomic mass is 10.5. The summed E-state index contributed by atoms with van der Waals surface area (Å²) in [5, 5.41) is 1.73. The van der Waals surface area contributed by atoms with Crippen molar-refractivity contribution in [3.05, 3.63) is 0 Å². The lowest BCUT2D eigenvalue weighted by Crippen LogP contribution is -2.61. The van der Waals surface area contributed by atoms with Crippen molar-refractivity contribution < 1.29 is 9.59 Å². The van der Waals surface area contributed by atoms with Gasteiger partial charge in [-0.25, -0.2) is 10.2 Å². The second-order valence-corrected chi connectivity index (χ2v) is 2.65. The molecule has 1 aliphatic rings. The molecule has 1 unspecified atom stereocenters. The zero-order chi connectivity index (χ0) is 7.56. The van der Waals surface area contributed by atoms with E-state index in [-0.39, 0.29) is 11.3 Å². The van der Waals surface area contributed by atoms with Crippen molar-refractivity contribution in [2.24, 2.45) is 0 Å². The van der Waals surface area contributed by atoms with Crippen LogP contribution in [0.1, 0.15) is 0 Å². The Morgan fingerprint density at radius 2 is 2.20 bits per heavy atom. The highest BCUT2D eigenvalue weighted by Gasteiger charge is 2.23. The highest BCUT2D eigenvalue weighted by atomic mass is 32.2. The van der Waals surface area contributed by atoms with Gasteiger partial charge in [0.15, 0.2) is 5.37 Å². The molecule has 1 aliphatic heterocycles. The van der Waals surface area contributed by atoms with E-state index in [0.29, 0.717) is 0 Å². The van der Waals surface area contributed by atoms with Crippen LogP contribution in [0.15, 0.2) is 0 Å². The molecule has 0 spiro atoms. The Morgan fingerprint density at radius 1 is 1.50 bits per heavy atom. The maximum absolute atomic E-state index is 10.8. The predicted octanol–water partition coefficient (Wildman–Crippen LogP) is -0.981. The predicted molar refractivity (Wildman–Crippen MR) is 37.1 cm³/mol. The number of amides is 3. The second-order valence-electron chi connectivity index (χ2n) is 1.70. The lowest BCUT2D eigenvalue weighted by molar-refractivity contribution is -0.120. The third kappa shape index (κ3) is 1.39. The molecule has 10 heavy (non-hydrogen) atoms. The van der Waals surface area contributed by atoms with Gasteiger partial charge in [-0.15, -0.1) is 11.8 Å². The summed E-state index contributed by atoms with van der Waals surface area (Å²) >= 11 is 1.32. The SMILES string of the molecule is CSC1NNC(=O)NC1=O. The molecule has 0 radical (unpaired) electrons. The summed E-state index contributed by atoms with van der Waals surface area (Å²) < 4.78 is 0. The number of imide groups is 1. The Hall–Kier alpha value is -0.750. The highest BCUT2D eigenvalue weighted by Crippen LogP contribution is 2.02. The molecule has 0 aromatic heterocycles. The molecule has 1 atom stereocenters. The maximum atomic E-state index is 10.8. The van der Waals surface area contributed by atoms with Crippen LogP contribution in [0.5, 0.6) is 0 Å². The van der Waals surface area contributed by atoms with Gasteiger partial charge in [0.25, 0.3) is 5.91 Å². The van der Waals surface area contributed by atoms with Gasteiger partial charge < -0.3 is 0 Å². The number of hydrazine groups is 1. The van der Waals surface area contributed by atoms with Crippen molar-refractivity contribution >= 4 is 23.7 Å². The molecule has 6 heteroatoms. The average molecular weight is 161 g/mol. The Balaban J connectivity index is 2.51. The van der Waals surface area contributed by atoms with Crippen LogP contribution in [-0.2, 0) is 4.79 Å². The monoisotopic (exact) mass is 161 g/mol. The number of thioether (sulfide) groups is 1. The number of carbonyl (C=O) groups is 2. The van der Waals surface area contributed by atoms with Crippen LogP contribution in [0.2, 0.25) is 0 Å². The van der Waals surface area contributed by atoms with Gasteiger partial charge in [0, 0.05) is 0 Å². The summed E-state index contributed by atoms with van der Waals surface area (Å²) in [6, 6.07) is -0.504. The Kier molecular flexibility index (Phi) is 2.13. The number of nitrogens with one attached hydrogen (secondary N) is 3. The molecular formula is C4H7N3O2S. The Morgan fingerprint density at radius 3 is 2.70 bits per heavy atom. The Bertz CT molecular complexity index is 172. The van der Waals surface area contributed by atoms with Gasteiger partial charge in [0.1, 0.15) is 0 Å². The summed E-state index contributed by atoms with van der Waals surface area (Å²) in [7, 11) is 0. The largest absolute Gasteiger partial charge is 0.335 e. The minimum absolute atomic E-state index is 0.309. The topological polar surface area (TPSA) is 70.2 Å². The molecule has 0 bridgehead atoms. The molecule has 5 nitrogen and oxygen atoms in total. The lowest BCUT2D eigenvalue weighted by Gasteiger charge is -2.21. The third-order valence-electron chi connectivity index (χ3n) is 1.03. The van der Waals surface area contributed by atoms with Gasteiger partial charge in [0.2, 0.25) is 0 Å². The standard InChI is InChI=1S/C4H7N3O2S/c1-10-3-2(8)5-4(9)7-6-3/h3,6H,1H3,(H2,5,7,8,9). The minimum Gasteiger partial charge on any atom is -0.275 e. The van der Waals surface area contributed by atoms with Crippen LogP contribution in [0, 0.1) is 0 Å². The first-order valence-corrected chi connectivity index (χ1v) is 3.92. The van der Waals surface area contributed by atoms with Gasteiger partial charge in [-0.3, -0.25) is 15.5 Å². The van der Waals surface area contributed by atoms with E-state index < -0.39 is 6.03 Å². The van der Waals surface area contributed by atoms with Crippen molar-refractivity contribution in [1.29, 1.82) is 0 Å². The van der Waals surface area contributed by atoms with E-state index in [4.69, 9.17) is 0 Å². The first-order valence-electron chi connectivity index (χ1n) is 2.63. The first-order chi connectivity index (χ1) is 4.74. The quantitative estimate of drug-likeness (QED) is 0.462. The fraction of sp³-hybridized carbons (Fsp3) is 0.500. The van der Waals surface area contributed by atoms with Crippen LogP contribution in [0.25, 0.3) is 0 Å². The molecule has 0 saturated carbocycles. The number of rotatable bonds is 1. The minimum atomic E-state index is -0.504. The fourth-order valence-corrected chi connectivity index (χ4v) is 1.02. The molecule has 0 aromatic rings. The van der Waals surface area contributed by atoms with E-state index in [1.807, 2.05) is 0 Å². The highest BCUT2D eigenvalue weighted by molar-refractivity contribution is 7.99. The van der Waals surface area contributed by atoms with Gasteiger partial charge in [0.05, 0.1) is 0 Å². The molecule has 1 fully saturated rings. The second kappa shape index (κ2) is 2.89. The van der Waals surface area contributed by atoms with Crippen LogP contribution in [0.4, 0.5) is 4.79 Å². The van der Waals surface area contributed by atoms with Gasteiger partial charge in [-0.1, -0.05) is 0 Å². The van der Waals surface area contributed by atoms with E-state index >= 15 is 0 Å². The maximum Gasteiger partial charge on any atom is 0.335 e. The van der Waals surface area contributed by atoms with Crippen molar-refractivity contribution in [2.45, 2.75) is 5.37 Å². The first kappa shape index (κ1) is 7.36. The van der Waals surface area contributed by atoms with Gasteiger partial charge >= 0.3 is 6.03 Å². The molecular weight excluding hydrogens is 154 g/mol. The molecule has 0 aliphatic carbocycles. The fourth-order valence-electron chi connectivity index (χ4n) is 0.571. The van der Waals surface area contributed by atoms with E-state index in [0.717, 1.165) is 0 Å². The van der Waals surface area contributed by atoms with Crippen LogP contribution < -0.4 is 16.2 Å². The van der Waals surface area contributed by atoms with Crippen molar-refractivity contribution in [3.63, 3.8) is 0 Å².